The van der Waals surface area contributed by atoms with Gasteiger partial charge in [-0.25, -0.2) is 18.5 Å². The van der Waals surface area contributed by atoms with Crippen LogP contribution in [0.25, 0.3) is 11.1 Å². The minimum atomic E-state index is -3.75. The highest BCUT2D eigenvalue weighted by atomic mass is 32.2. The van der Waals surface area contributed by atoms with Crippen molar-refractivity contribution in [1.29, 1.82) is 0 Å². The van der Waals surface area contributed by atoms with E-state index in [2.05, 4.69) is 10.3 Å². The van der Waals surface area contributed by atoms with E-state index < -0.39 is 15.4 Å². The van der Waals surface area contributed by atoms with E-state index in [0.717, 1.165) is 40.7 Å². The molecule has 1 aliphatic carbocycles. The van der Waals surface area contributed by atoms with Gasteiger partial charge in [0, 0.05) is 13.2 Å². The molecule has 8 nitrogen and oxygen atoms in total. The highest BCUT2D eigenvalue weighted by Gasteiger charge is 2.52. The van der Waals surface area contributed by atoms with Gasteiger partial charge in [0.2, 0.25) is 22.7 Å². The third-order valence-electron chi connectivity index (χ3n) is 6.48. The first kappa shape index (κ1) is 21.4. The van der Waals surface area contributed by atoms with Gasteiger partial charge < -0.3 is 14.8 Å². The van der Waals surface area contributed by atoms with Gasteiger partial charge in [0.25, 0.3) is 0 Å². The summed E-state index contributed by atoms with van der Waals surface area (Å²) in [5.74, 6) is 1.77. The number of pyridine rings is 1. The zero-order valence-electron chi connectivity index (χ0n) is 18.2. The fourth-order valence-electron chi connectivity index (χ4n) is 4.14. The molecule has 0 spiro atoms. The number of nitrogens with zero attached hydrogens (tertiary/aromatic N) is 1. The second-order valence-electron chi connectivity index (χ2n) is 8.44. The van der Waals surface area contributed by atoms with Crippen molar-refractivity contribution in [2.75, 3.05) is 12.1 Å². The molecule has 2 aromatic carbocycles. The summed E-state index contributed by atoms with van der Waals surface area (Å²) in [5, 5.41) is 8.19. The van der Waals surface area contributed by atoms with E-state index in [9.17, 15) is 13.2 Å². The number of hydrogen-bond acceptors (Lipinski definition) is 6. The molecule has 0 unspecified atom stereocenters. The van der Waals surface area contributed by atoms with Gasteiger partial charge >= 0.3 is 0 Å². The minimum absolute atomic E-state index is 0. The van der Waals surface area contributed by atoms with Crippen molar-refractivity contribution < 1.29 is 24.1 Å². The zero-order valence-corrected chi connectivity index (χ0v) is 19.0. The fraction of sp³-hybridized carbons (Fsp3) is 0.250. The Hall–Kier alpha value is -3.43. The van der Waals surface area contributed by atoms with E-state index in [1.54, 1.807) is 18.3 Å². The van der Waals surface area contributed by atoms with Crippen LogP contribution in [0.3, 0.4) is 0 Å². The van der Waals surface area contributed by atoms with Crippen molar-refractivity contribution in [3.63, 3.8) is 0 Å². The monoisotopic (exact) mass is 467 g/mol. The number of carbonyl (C=O) groups is 1. The van der Waals surface area contributed by atoms with E-state index in [1.165, 1.54) is 12.1 Å². The highest BCUT2D eigenvalue weighted by molar-refractivity contribution is 7.89. The van der Waals surface area contributed by atoms with Gasteiger partial charge in [-0.2, -0.15) is 0 Å². The van der Waals surface area contributed by atoms with Crippen LogP contribution < -0.4 is 19.9 Å². The van der Waals surface area contributed by atoms with Crippen LogP contribution in [0.2, 0.25) is 0 Å². The number of hydrogen-bond donors (Lipinski definition) is 2. The Bertz CT molecular complexity index is 1390. The lowest BCUT2D eigenvalue weighted by molar-refractivity contribution is -0.118. The predicted octanol–water partition coefficient (Wildman–Crippen LogP) is 3.66. The van der Waals surface area contributed by atoms with Crippen LogP contribution in [0.5, 0.6) is 11.5 Å². The molecule has 0 bridgehead atoms. The van der Waals surface area contributed by atoms with Gasteiger partial charge in [-0.3, -0.25) is 4.79 Å². The second-order valence-corrected chi connectivity index (χ2v) is 10.0. The summed E-state index contributed by atoms with van der Waals surface area (Å²) in [4.78, 5) is 17.8. The normalized spacial score (nSPS) is 15.8. The number of fused-ring (bicyclic) bond motifs is 1. The third kappa shape index (κ3) is 3.73. The summed E-state index contributed by atoms with van der Waals surface area (Å²) in [6.07, 6.45) is 3.19. The first-order valence-electron chi connectivity index (χ1n) is 10.5. The Morgan fingerprint density at radius 3 is 2.42 bits per heavy atom. The van der Waals surface area contributed by atoms with Crippen LogP contribution in [-0.4, -0.2) is 26.1 Å². The number of carbonyl (C=O) groups excluding carboxylic acids is 1. The molecule has 5 rings (SSSR count). The highest BCUT2D eigenvalue weighted by Crippen LogP contribution is 2.51. The van der Waals surface area contributed by atoms with Crippen molar-refractivity contribution in [3.8, 4) is 22.6 Å². The van der Waals surface area contributed by atoms with Crippen molar-refractivity contribution >= 4 is 21.7 Å². The Morgan fingerprint density at radius 2 is 1.76 bits per heavy atom. The first-order valence-corrected chi connectivity index (χ1v) is 12.0. The molecule has 2 aliphatic rings. The topological polar surface area (TPSA) is 121 Å². The molecule has 1 aromatic heterocycles. The van der Waals surface area contributed by atoms with Crippen molar-refractivity contribution in [1.82, 2.24) is 4.98 Å². The molecule has 0 radical (unpaired) electrons. The number of ether oxygens (including phenoxy) is 2. The van der Waals surface area contributed by atoms with E-state index in [4.69, 9.17) is 14.6 Å². The quantitative estimate of drug-likeness (QED) is 0.591. The molecule has 1 fully saturated rings. The fourth-order valence-corrected chi connectivity index (χ4v) is 4.65. The van der Waals surface area contributed by atoms with Gasteiger partial charge in [0.1, 0.15) is 5.82 Å². The number of primary sulfonamides is 1. The molecule has 3 N–H and O–H groups in total. The number of benzene rings is 2. The van der Waals surface area contributed by atoms with Crippen LogP contribution in [0, 0.1) is 13.8 Å². The first-order chi connectivity index (χ1) is 15.7. The minimum Gasteiger partial charge on any atom is -0.454 e. The van der Waals surface area contributed by atoms with Gasteiger partial charge in [0.15, 0.2) is 11.5 Å². The maximum Gasteiger partial charge on any atom is 0.238 e. The Balaban J connectivity index is 0.00000274. The third-order valence-corrected chi connectivity index (χ3v) is 7.41. The summed E-state index contributed by atoms with van der Waals surface area (Å²) in [6, 6.07) is 12.0. The van der Waals surface area contributed by atoms with Crippen LogP contribution in [0.1, 0.15) is 31.0 Å². The Labute approximate surface area is 193 Å². The summed E-state index contributed by atoms with van der Waals surface area (Å²) < 4.78 is 33.9. The molecule has 2 heterocycles. The smallest absolute Gasteiger partial charge is 0.238 e. The zero-order chi connectivity index (χ0) is 23.4. The standard InChI is InChI=1S/C24H23N3O5S.H2/c1-14-15(2)22(26-12-19(14)16-3-6-18(7-4-16)33(25,29)30)27-23(28)24(9-10-24)17-5-8-20-21(11-17)32-13-31-20;/h3-8,11-12H,9-10,13H2,1-2H3,(H2,25,29,30)(H,26,27,28);1H. The van der Waals surface area contributed by atoms with E-state index in [1.807, 2.05) is 32.0 Å². The summed E-state index contributed by atoms with van der Waals surface area (Å²) in [7, 11) is -3.75. The predicted molar refractivity (Wildman–Crippen MR) is 125 cm³/mol. The number of amides is 1. The molecular formula is C24H25N3O5S. The largest absolute Gasteiger partial charge is 0.454 e. The lowest BCUT2D eigenvalue weighted by Gasteiger charge is -2.18. The number of nitrogens with one attached hydrogen (secondary N) is 1. The maximum atomic E-state index is 13.3. The molecule has 0 saturated heterocycles. The molecule has 1 aliphatic heterocycles. The molecule has 1 saturated carbocycles. The lowest BCUT2D eigenvalue weighted by Crippen LogP contribution is -2.28. The van der Waals surface area contributed by atoms with Gasteiger partial charge in [-0.1, -0.05) is 18.2 Å². The summed E-state index contributed by atoms with van der Waals surface area (Å²) >= 11 is 0. The van der Waals surface area contributed by atoms with Crippen LogP contribution in [0.15, 0.2) is 53.6 Å². The molecule has 0 atom stereocenters. The number of anilines is 1. The van der Waals surface area contributed by atoms with E-state index in [-0.39, 0.29) is 19.0 Å². The number of nitrogens with two attached hydrogens (primary N) is 1. The van der Waals surface area contributed by atoms with Crippen LogP contribution in [0.4, 0.5) is 5.82 Å². The number of sulfonamides is 1. The van der Waals surface area contributed by atoms with Gasteiger partial charge in [-0.15, -0.1) is 0 Å². The molecule has 3 aromatic rings. The van der Waals surface area contributed by atoms with Gasteiger partial charge in [0.05, 0.1) is 10.3 Å². The molecule has 33 heavy (non-hydrogen) atoms. The molecule has 172 valence electrons. The number of aromatic nitrogens is 1. The van der Waals surface area contributed by atoms with Crippen molar-refractivity contribution in [2.24, 2.45) is 5.14 Å². The molecule has 9 heteroatoms. The van der Waals surface area contributed by atoms with Crippen molar-refractivity contribution in [2.45, 2.75) is 37.0 Å². The average molecular weight is 468 g/mol. The van der Waals surface area contributed by atoms with E-state index >= 15 is 0 Å². The van der Waals surface area contributed by atoms with E-state index in [0.29, 0.717) is 17.3 Å². The summed E-state index contributed by atoms with van der Waals surface area (Å²) in [5.41, 5.74) is 3.76. The average Bonchev–Trinajstić information content (AvgIpc) is 3.47. The SMILES string of the molecule is Cc1c(-c2ccc(S(N)(=O)=O)cc2)cnc(NC(=O)C2(c3ccc4c(c3)OCO4)CC2)c1C.[HH]. The van der Waals surface area contributed by atoms with Crippen molar-refractivity contribution in [3.05, 3.63) is 65.4 Å². The lowest BCUT2D eigenvalue weighted by atomic mass is 9.94. The molecule has 1 amide bonds. The maximum absolute atomic E-state index is 13.3. The summed E-state index contributed by atoms with van der Waals surface area (Å²) in [6.45, 7) is 4.04. The van der Waals surface area contributed by atoms with Crippen LogP contribution in [-0.2, 0) is 20.2 Å². The number of rotatable bonds is 5. The van der Waals surface area contributed by atoms with Crippen LogP contribution >= 0.6 is 0 Å². The van der Waals surface area contributed by atoms with Gasteiger partial charge in [-0.05, 0) is 73.2 Å². The Morgan fingerprint density at radius 1 is 1.06 bits per heavy atom. The molecular weight excluding hydrogens is 442 g/mol. The Kier molecular flexibility index (Phi) is 4.91. The second kappa shape index (κ2) is 7.57.